The van der Waals surface area contributed by atoms with E-state index in [2.05, 4.69) is 15.4 Å². The van der Waals surface area contributed by atoms with Crippen LogP contribution in [0.15, 0.2) is 48.7 Å². The van der Waals surface area contributed by atoms with Crippen LogP contribution in [0.4, 0.5) is 13.6 Å². The molecule has 3 aromatic rings. The maximum absolute atomic E-state index is 12.5. The zero-order valence-corrected chi connectivity index (χ0v) is 16.5. The lowest BCUT2D eigenvalue weighted by molar-refractivity contribution is 0.0794. The van der Waals surface area contributed by atoms with Crippen LogP contribution in [0.2, 0.25) is 0 Å². The van der Waals surface area contributed by atoms with Crippen LogP contribution in [0.3, 0.4) is 0 Å². The highest BCUT2D eigenvalue weighted by Gasteiger charge is 2.15. The summed E-state index contributed by atoms with van der Waals surface area (Å²) in [6, 6.07) is 11.9. The van der Waals surface area contributed by atoms with Gasteiger partial charge in [0, 0.05) is 17.7 Å². The molecular weight excluding hydrogens is 414 g/mol. The zero-order valence-electron chi connectivity index (χ0n) is 16.5. The van der Waals surface area contributed by atoms with Crippen molar-refractivity contribution in [2.24, 2.45) is 0 Å². The van der Waals surface area contributed by atoms with Crippen LogP contribution in [0.1, 0.15) is 0 Å². The Kier molecular flexibility index (Phi) is 7.20. The largest absolute Gasteiger partial charge is 0.492 e. The number of carboxylic acid groups (broad SMARTS) is 1. The number of nitrogens with one attached hydrogen (secondary N) is 1. The topological polar surface area (TPSA) is 108 Å². The number of carbonyl (C=O) groups is 1. The lowest BCUT2D eigenvalue weighted by Gasteiger charge is -2.09. The van der Waals surface area contributed by atoms with Gasteiger partial charge >= 0.3 is 6.09 Å². The summed E-state index contributed by atoms with van der Waals surface area (Å²) in [5.41, 5.74) is 1.91. The lowest BCUT2D eigenvalue weighted by atomic mass is 10.1. The molecule has 0 aliphatic carbocycles. The molecule has 0 aliphatic rings. The minimum Gasteiger partial charge on any atom is -0.492 e. The third-order valence-corrected chi connectivity index (χ3v) is 4.02. The fourth-order valence-corrected chi connectivity index (χ4v) is 2.65. The molecule has 0 atom stereocenters. The van der Waals surface area contributed by atoms with E-state index >= 15 is 0 Å². The Morgan fingerprint density at radius 1 is 1.16 bits per heavy atom. The Bertz CT molecular complexity index is 994. The van der Waals surface area contributed by atoms with Crippen molar-refractivity contribution in [3.8, 4) is 34.5 Å². The van der Waals surface area contributed by atoms with E-state index in [1.54, 1.807) is 48.7 Å². The number of halogens is 2. The number of pyridine rings is 1. The first kappa shape index (κ1) is 21.8. The second-order valence-electron chi connectivity index (χ2n) is 6.15. The average Bonchev–Trinajstić information content (AvgIpc) is 3.20. The summed E-state index contributed by atoms with van der Waals surface area (Å²) in [5, 5.41) is 15.0. The van der Waals surface area contributed by atoms with E-state index in [1.165, 1.54) is 11.8 Å². The molecule has 3 rings (SSSR count). The van der Waals surface area contributed by atoms with E-state index in [-0.39, 0.29) is 19.0 Å². The second-order valence-corrected chi connectivity index (χ2v) is 6.15. The molecule has 0 unspecified atom stereocenters. The third kappa shape index (κ3) is 6.04. The molecule has 11 heteroatoms. The number of alkyl halides is 2. The van der Waals surface area contributed by atoms with Crippen LogP contribution in [0, 0.1) is 0 Å². The van der Waals surface area contributed by atoms with Crippen LogP contribution in [-0.4, -0.2) is 59.3 Å². The number of benzene rings is 1. The molecule has 2 N–H and O–H groups in total. The molecule has 0 saturated heterocycles. The zero-order chi connectivity index (χ0) is 22.2. The van der Waals surface area contributed by atoms with Crippen LogP contribution in [0.5, 0.6) is 17.5 Å². The highest BCUT2D eigenvalue weighted by atomic mass is 19.3. The maximum atomic E-state index is 12.5. The predicted molar refractivity (Wildman–Crippen MR) is 106 cm³/mol. The Hall–Kier alpha value is -3.89. The molecular formula is C20H20F2N4O5. The van der Waals surface area contributed by atoms with E-state index in [9.17, 15) is 13.6 Å². The number of rotatable bonds is 10. The fraction of sp³-hybridized carbons (Fsp3) is 0.250. The van der Waals surface area contributed by atoms with Gasteiger partial charge < -0.3 is 24.6 Å². The highest BCUT2D eigenvalue weighted by Crippen LogP contribution is 2.29. The van der Waals surface area contributed by atoms with Crippen molar-refractivity contribution in [3.63, 3.8) is 0 Å². The number of aromatic nitrogens is 3. The van der Waals surface area contributed by atoms with Crippen molar-refractivity contribution >= 4 is 6.09 Å². The molecule has 2 heterocycles. The van der Waals surface area contributed by atoms with Crippen LogP contribution in [-0.2, 0) is 0 Å². The van der Waals surface area contributed by atoms with Gasteiger partial charge in [0.1, 0.15) is 12.4 Å². The minimum atomic E-state index is -2.62. The van der Waals surface area contributed by atoms with Crippen molar-refractivity contribution in [3.05, 3.63) is 48.7 Å². The van der Waals surface area contributed by atoms with E-state index in [1.807, 2.05) is 0 Å². The summed E-state index contributed by atoms with van der Waals surface area (Å²) < 4.78 is 42.2. The van der Waals surface area contributed by atoms with E-state index in [4.69, 9.17) is 19.3 Å². The number of hydrogen-bond donors (Lipinski definition) is 2. The molecule has 1 amide bonds. The molecule has 0 fully saturated rings. The molecule has 0 saturated carbocycles. The molecule has 2 aromatic heterocycles. The molecule has 9 nitrogen and oxygen atoms in total. The Morgan fingerprint density at radius 3 is 2.55 bits per heavy atom. The minimum absolute atomic E-state index is 0.0474. The Morgan fingerprint density at radius 2 is 1.94 bits per heavy atom. The van der Waals surface area contributed by atoms with Gasteiger partial charge in [-0.25, -0.2) is 23.2 Å². The SMILES string of the molecule is COc1ccc(-n2nc(OCC(F)F)cc2-c2ccc(OCCNC(=O)O)cc2)cn1. The number of amides is 1. The second kappa shape index (κ2) is 10.2. The number of nitrogens with zero attached hydrogens (tertiary/aromatic N) is 3. The van der Waals surface area contributed by atoms with Gasteiger partial charge in [-0.2, -0.15) is 0 Å². The van der Waals surface area contributed by atoms with E-state index < -0.39 is 19.1 Å². The van der Waals surface area contributed by atoms with Gasteiger partial charge in [-0.1, -0.05) is 0 Å². The van der Waals surface area contributed by atoms with E-state index in [0.717, 1.165) is 5.56 Å². The van der Waals surface area contributed by atoms with Crippen molar-refractivity contribution in [1.82, 2.24) is 20.1 Å². The van der Waals surface area contributed by atoms with Gasteiger partial charge in [0.15, 0.2) is 6.61 Å². The Labute approximate surface area is 176 Å². The van der Waals surface area contributed by atoms with Gasteiger partial charge in [-0.3, -0.25) is 0 Å². The quantitative estimate of drug-likeness (QED) is 0.472. The third-order valence-electron chi connectivity index (χ3n) is 4.02. The number of methoxy groups -OCH3 is 1. The Balaban J connectivity index is 1.83. The summed E-state index contributed by atoms with van der Waals surface area (Å²) >= 11 is 0. The monoisotopic (exact) mass is 434 g/mol. The fourth-order valence-electron chi connectivity index (χ4n) is 2.65. The molecule has 0 radical (unpaired) electrons. The van der Waals surface area contributed by atoms with Gasteiger partial charge in [0.05, 0.1) is 31.2 Å². The first-order valence-electron chi connectivity index (χ1n) is 9.17. The van der Waals surface area contributed by atoms with Crippen molar-refractivity contribution in [2.45, 2.75) is 6.43 Å². The summed E-state index contributed by atoms with van der Waals surface area (Å²) in [6.07, 6.45) is -2.20. The van der Waals surface area contributed by atoms with Crippen molar-refractivity contribution in [1.29, 1.82) is 0 Å². The van der Waals surface area contributed by atoms with Crippen LogP contribution in [0.25, 0.3) is 16.9 Å². The standard InChI is InChI=1S/C20H20F2N4O5/c1-29-18-7-4-14(11-24-18)26-16(10-19(25-26)31-12-17(21)22)13-2-5-15(6-3-13)30-9-8-23-20(27)28/h2-7,10-11,17,23H,8-9,12H2,1H3,(H,27,28). The average molecular weight is 434 g/mol. The van der Waals surface area contributed by atoms with Gasteiger partial charge in [0.2, 0.25) is 11.8 Å². The van der Waals surface area contributed by atoms with Crippen LogP contribution < -0.4 is 19.5 Å². The first-order valence-corrected chi connectivity index (χ1v) is 9.17. The summed E-state index contributed by atoms with van der Waals surface area (Å²) in [7, 11) is 1.50. The number of hydrogen-bond acceptors (Lipinski definition) is 6. The number of ether oxygens (including phenoxy) is 3. The van der Waals surface area contributed by atoms with Gasteiger partial charge in [-0.05, 0) is 30.3 Å². The summed E-state index contributed by atoms with van der Waals surface area (Å²) in [6.45, 7) is -0.444. The van der Waals surface area contributed by atoms with Crippen molar-refractivity contribution in [2.75, 3.05) is 26.9 Å². The summed E-state index contributed by atoms with van der Waals surface area (Å²) in [4.78, 5) is 14.6. The van der Waals surface area contributed by atoms with E-state index in [0.29, 0.717) is 23.0 Å². The summed E-state index contributed by atoms with van der Waals surface area (Å²) in [5.74, 6) is 1.01. The normalized spacial score (nSPS) is 10.7. The maximum Gasteiger partial charge on any atom is 0.404 e. The molecule has 0 spiro atoms. The molecule has 31 heavy (non-hydrogen) atoms. The molecule has 1 aromatic carbocycles. The lowest BCUT2D eigenvalue weighted by Crippen LogP contribution is -2.26. The smallest absolute Gasteiger partial charge is 0.404 e. The predicted octanol–water partition coefficient (Wildman–Crippen LogP) is 3.23. The van der Waals surface area contributed by atoms with Gasteiger partial charge in [-0.15, -0.1) is 5.10 Å². The highest BCUT2D eigenvalue weighted by molar-refractivity contribution is 5.65. The van der Waals surface area contributed by atoms with Crippen LogP contribution >= 0.6 is 0 Å². The molecule has 164 valence electrons. The first-order chi connectivity index (χ1) is 15.0. The molecule has 0 bridgehead atoms. The van der Waals surface area contributed by atoms with Gasteiger partial charge in [0.25, 0.3) is 6.43 Å². The molecule has 0 aliphatic heterocycles. The van der Waals surface area contributed by atoms with Crippen molar-refractivity contribution < 1.29 is 32.9 Å².